The van der Waals surface area contributed by atoms with Crippen molar-refractivity contribution in [1.29, 1.82) is 0 Å². The summed E-state index contributed by atoms with van der Waals surface area (Å²) in [6.45, 7) is -2.96. The Hall–Kier alpha value is -2.41. The van der Waals surface area contributed by atoms with Crippen molar-refractivity contribution >= 4 is 23.6 Å². The molecule has 0 aliphatic carbocycles. The van der Waals surface area contributed by atoms with E-state index in [9.17, 15) is 18.0 Å². The summed E-state index contributed by atoms with van der Waals surface area (Å²) in [4.78, 5) is 13.3. The van der Waals surface area contributed by atoms with Gasteiger partial charge in [-0.25, -0.2) is 4.39 Å². The molecule has 0 spiro atoms. The van der Waals surface area contributed by atoms with Crippen molar-refractivity contribution in [2.75, 3.05) is 12.9 Å². The maximum Gasteiger partial charge on any atom is 0.387 e. The summed E-state index contributed by atoms with van der Waals surface area (Å²) >= 11 is 1.44. The van der Waals surface area contributed by atoms with Crippen LogP contribution < -0.4 is 9.47 Å². The molecule has 25 heavy (non-hydrogen) atoms. The van der Waals surface area contributed by atoms with Gasteiger partial charge < -0.3 is 9.47 Å². The fourth-order valence-electron chi connectivity index (χ4n) is 2.48. The predicted octanol–water partition coefficient (Wildman–Crippen LogP) is 4.81. The van der Waals surface area contributed by atoms with E-state index in [1.54, 1.807) is 18.2 Å². The predicted molar refractivity (Wildman–Crippen MR) is 89.1 cm³/mol. The molecule has 1 aliphatic heterocycles. The molecule has 0 bridgehead atoms. The van der Waals surface area contributed by atoms with Crippen LogP contribution in [0, 0.1) is 5.82 Å². The Bertz CT molecular complexity index is 849. The van der Waals surface area contributed by atoms with E-state index in [2.05, 4.69) is 4.74 Å². The summed E-state index contributed by atoms with van der Waals surface area (Å²) in [5, 5.41) is 0. The molecule has 0 radical (unpaired) electrons. The number of alkyl halides is 2. The Morgan fingerprint density at radius 1 is 1.16 bits per heavy atom. The fourth-order valence-corrected chi connectivity index (χ4v) is 3.47. The Labute approximate surface area is 146 Å². The molecule has 2 aromatic carbocycles. The molecule has 0 N–H and O–H groups in total. The lowest BCUT2D eigenvalue weighted by atomic mass is 10.0. The zero-order chi connectivity index (χ0) is 18.0. The fraction of sp³-hybridized carbons (Fsp3) is 0.167. The van der Waals surface area contributed by atoms with Gasteiger partial charge in [0, 0.05) is 21.8 Å². The number of ether oxygens (including phenoxy) is 2. The van der Waals surface area contributed by atoms with Crippen molar-refractivity contribution in [1.82, 2.24) is 0 Å². The van der Waals surface area contributed by atoms with Crippen LogP contribution in [-0.4, -0.2) is 25.3 Å². The molecule has 1 aliphatic rings. The van der Waals surface area contributed by atoms with Crippen LogP contribution >= 0.6 is 11.8 Å². The summed E-state index contributed by atoms with van der Waals surface area (Å²) in [6, 6.07) is 8.53. The van der Waals surface area contributed by atoms with Gasteiger partial charge in [-0.3, -0.25) is 4.79 Å². The number of thioether (sulfide) groups is 1. The number of Topliss-reactive ketones (excluding diaryl/α,β-unsaturated/α-hetero) is 1. The smallest absolute Gasteiger partial charge is 0.387 e. The van der Waals surface area contributed by atoms with Crippen molar-refractivity contribution in [2.24, 2.45) is 0 Å². The highest BCUT2D eigenvalue weighted by Crippen LogP contribution is 2.35. The minimum absolute atomic E-state index is 0.0867. The van der Waals surface area contributed by atoms with Crippen LogP contribution in [0.15, 0.2) is 46.9 Å². The Kier molecular flexibility index (Phi) is 5.03. The molecule has 2 aromatic rings. The molecule has 3 nitrogen and oxygen atoms in total. The quantitative estimate of drug-likeness (QED) is 0.728. The van der Waals surface area contributed by atoms with E-state index in [4.69, 9.17) is 4.74 Å². The second-order valence-corrected chi connectivity index (χ2v) is 6.23. The summed E-state index contributed by atoms with van der Waals surface area (Å²) in [6.07, 6.45) is 1.64. The van der Waals surface area contributed by atoms with Crippen molar-refractivity contribution in [2.45, 2.75) is 11.5 Å². The minimum atomic E-state index is -2.96. The van der Waals surface area contributed by atoms with Gasteiger partial charge in [-0.05, 0) is 42.0 Å². The van der Waals surface area contributed by atoms with Gasteiger partial charge >= 0.3 is 6.61 Å². The number of carbonyl (C=O) groups excluding carboxylic acids is 1. The van der Waals surface area contributed by atoms with Gasteiger partial charge in [0.05, 0.1) is 7.11 Å². The van der Waals surface area contributed by atoms with E-state index < -0.39 is 12.4 Å². The molecular formula is C18H13F3O3S. The van der Waals surface area contributed by atoms with E-state index >= 15 is 0 Å². The average Bonchev–Trinajstić information content (AvgIpc) is 2.58. The van der Waals surface area contributed by atoms with Gasteiger partial charge in [0.15, 0.2) is 17.3 Å². The molecule has 0 aromatic heterocycles. The van der Waals surface area contributed by atoms with Crippen molar-refractivity contribution in [3.05, 3.63) is 58.9 Å². The molecule has 7 heteroatoms. The number of methoxy groups -OCH3 is 1. The number of hydrogen-bond donors (Lipinski definition) is 0. The Morgan fingerprint density at radius 2 is 1.96 bits per heavy atom. The van der Waals surface area contributed by atoms with Crippen LogP contribution in [0.3, 0.4) is 0 Å². The molecule has 0 unspecified atom stereocenters. The van der Waals surface area contributed by atoms with Crippen molar-refractivity contribution in [3.8, 4) is 11.5 Å². The van der Waals surface area contributed by atoms with Crippen molar-refractivity contribution in [3.63, 3.8) is 0 Å². The van der Waals surface area contributed by atoms with Gasteiger partial charge in [0.1, 0.15) is 5.82 Å². The van der Waals surface area contributed by atoms with E-state index in [-0.39, 0.29) is 17.3 Å². The standard InChI is InChI=1S/C18H13F3O3S/c1-23-15-7-10(2-4-14(15)24-18(20)21)6-11-9-25-16-5-3-12(19)8-13(16)17(11)22/h2-8,18H,9H2,1H3. The maximum absolute atomic E-state index is 13.4. The molecule has 0 fully saturated rings. The number of halogens is 3. The monoisotopic (exact) mass is 366 g/mol. The topological polar surface area (TPSA) is 35.5 Å². The zero-order valence-electron chi connectivity index (χ0n) is 13.1. The van der Waals surface area contributed by atoms with E-state index in [1.807, 2.05) is 0 Å². The third kappa shape index (κ3) is 3.82. The normalized spacial score (nSPS) is 15.4. The van der Waals surface area contributed by atoms with Crippen LogP contribution in [0.2, 0.25) is 0 Å². The van der Waals surface area contributed by atoms with Gasteiger partial charge in [0.25, 0.3) is 0 Å². The summed E-state index contributed by atoms with van der Waals surface area (Å²) in [5.41, 5.74) is 1.42. The molecule has 0 amide bonds. The third-order valence-electron chi connectivity index (χ3n) is 3.61. The molecule has 130 valence electrons. The first kappa shape index (κ1) is 17.4. The number of benzene rings is 2. The molecule has 0 atom stereocenters. The number of ketones is 1. The lowest BCUT2D eigenvalue weighted by Crippen LogP contribution is -2.12. The first-order valence-electron chi connectivity index (χ1n) is 7.28. The highest BCUT2D eigenvalue weighted by Gasteiger charge is 2.23. The van der Waals surface area contributed by atoms with Gasteiger partial charge in [-0.2, -0.15) is 8.78 Å². The number of carbonyl (C=O) groups is 1. The highest BCUT2D eigenvalue weighted by atomic mass is 32.2. The van der Waals surface area contributed by atoms with Crippen LogP contribution in [0.4, 0.5) is 13.2 Å². The number of hydrogen-bond acceptors (Lipinski definition) is 4. The number of fused-ring (bicyclic) bond motifs is 1. The number of rotatable bonds is 4. The van der Waals surface area contributed by atoms with E-state index in [1.165, 1.54) is 43.1 Å². The molecule has 0 saturated heterocycles. The van der Waals surface area contributed by atoms with Crippen molar-refractivity contribution < 1.29 is 27.4 Å². The lowest BCUT2D eigenvalue weighted by Gasteiger charge is -2.17. The van der Waals surface area contributed by atoms with Crippen LogP contribution in [0.5, 0.6) is 11.5 Å². The second kappa shape index (κ2) is 7.23. The summed E-state index contributed by atoms with van der Waals surface area (Å²) in [5.74, 6) is -0.229. The van der Waals surface area contributed by atoms with Crippen LogP contribution in [0.25, 0.3) is 6.08 Å². The SMILES string of the molecule is COc1cc(C=C2CSc3ccc(F)cc3C2=O)ccc1OC(F)F. The van der Waals surface area contributed by atoms with E-state index in [0.29, 0.717) is 22.5 Å². The lowest BCUT2D eigenvalue weighted by molar-refractivity contribution is -0.0512. The summed E-state index contributed by atoms with van der Waals surface area (Å²) in [7, 11) is 1.34. The Balaban J connectivity index is 1.92. The maximum atomic E-state index is 13.4. The first-order chi connectivity index (χ1) is 12.0. The summed E-state index contributed by atoms with van der Waals surface area (Å²) < 4.78 is 47.5. The molecule has 3 rings (SSSR count). The zero-order valence-corrected chi connectivity index (χ0v) is 13.9. The van der Waals surface area contributed by atoms with Crippen LogP contribution in [0.1, 0.15) is 15.9 Å². The van der Waals surface area contributed by atoms with Gasteiger partial charge in [0.2, 0.25) is 0 Å². The second-order valence-electron chi connectivity index (χ2n) is 5.22. The van der Waals surface area contributed by atoms with Gasteiger partial charge in [-0.1, -0.05) is 6.07 Å². The van der Waals surface area contributed by atoms with E-state index in [0.717, 1.165) is 4.90 Å². The average molecular weight is 366 g/mol. The first-order valence-corrected chi connectivity index (χ1v) is 8.27. The minimum Gasteiger partial charge on any atom is -0.493 e. The molecular weight excluding hydrogens is 353 g/mol. The molecule has 0 saturated carbocycles. The Morgan fingerprint density at radius 3 is 2.68 bits per heavy atom. The molecule has 1 heterocycles. The largest absolute Gasteiger partial charge is 0.493 e. The van der Waals surface area contributed by atoms with Crippen LogP contribution in [-0.2, 0) is 0 Å². The third-order valence-corrected chi connectivity index (χ3v) is 4.73. The van der Waals surface area contributed by atoms with Gasteiger partial charge in [-0.15, -0.1) is 11.8 Å². The highest BCUT2D eigenvalue weighted by molar-refractivity contribution is 7.99.